The quantitative estimate of drug-likeness (QED) is 0.180. The van der Waals surface area contributed by atoms with Gasteiger partial charge in [-0.25, -0.2) is 15.0 Å². The molecule has 1 unspecified atom stereocenters. The number of rotatable bonds is 4. The van der Waals surface area contributed by atoms with Crippen molar-refractivity contribution in [2.75, 3.05) is 0 Å². The zero-order valence-electron chi connectivity index (χ0n) is 33.2. The van der Waals surface area contributed by atoms with E-state index in [4.69, 9.17) is 19.4 Å². The van der Waals surface area contributed by atoms with Gasteiger partial charge in [-0.15, -0.1) is 0 Å². The summed E-state index contributed by atoms with van der Waals surface area (Å²) in [5.41, 5.74) is 18.6. The largest absolute Gasteiger partial charge is 0.456 e. The number of allylic oxidation sites excluding steroid dienone is 5. The number of benzene rings is 5. The average molecular weight is 752 g/mol. The Hall–Kier alpha value is -6.13. The maximum Gasteiger partial charge on any atom is 0.167 e. The van der Waals surface area contributed by atoms with Gasteiger partial charge in [0.25, 0.3) is 0 Å². The Morgan fingerprint density at radius 1 is 0.638 bits per heavy atom. The topological polar surface area (TPSA) is 51.8 Å². The first kappa shape index (κ1) is 34.0. The van der Waals surface area contributed by atoms with E-state index >= 15 is 0 Å². The molecule has 58 heavy (non-hydrogen) atoms. The summed E-state index contributed by atoms with van der Waals surface area (Å²) in [5, 5.41) is 1.18. The monoisotopic (exact) mass is 751 g/mol. The normalized spacial score (nSPS) is 19.6. The number of hydrogen-bond donors (Lipinski definition) is 0. The van der Waals surface area contributed by atoms with E-state index < -0.39 is 0 Å². The van der Waals surface area contributed by atoms with Crippen molar-refractivity contribution in [3.63, 3.8) is 0 Å². The molecule has 0 aliphatic heterocycles. The second-order valence-corrected chi connectivity index (χ2v) is 17.7. The van der Waals surface area contributed by atoms with Crippen molar-refractivity contribution in [1.29, 1.82) is 0 Å². The fourth-order valence-electron chi connectivity index (χ4n) is 11.5. The van der Waals surface area contributed by atoms with E-state index in [-0.39, 0.29) is 10.8 Å². The molecule has 1 fully saturated rings. The van der Waals surface area contributed by atoms with Crippen LogP contribution in [0.4, 0.5) is 0 Å². The van der Waals surface area contributed by atoms with Crippen LogP contribution in [-0.2, 0) is 17.3 Å². The van der Waals surface area contributed by atoms with E-state index in [0.29, 0.717) is 23.4 Å². The van der Waals surface area contributed by atoms with Gasteiger partial charge in [0.1, 0.15) is 11.3 Å². The standard InChI is InChI=1S/C54H45N3O/c1-53(2)44-25-15-21-36(48(44)42-32-46-40(31-45(42)53)37-20-10-11-24-43(37)54(46)28-12-5-13-29-54)35-26-27-47-41(30-35)38-22-14-23-39(49(38)58-47)52-56-50(33-16-6-3-7-17-33)55-51(57-52)34-18-8-4-9-19-34/h3-4,6-11,15-21,23-27,30,32,45H,5,12-14,22,28-29,31H2,1-2H3. The predicted octanol–water partition coefficient (Wildman–Crippen LogP) is 13.4. The molecule has 12 rings (SSSR count). The zero-order chi connectivity index (χ0) is 38.6. The van der Waals surface area contributed by atoms with Gasteiger partial charge < -0.3 is 4.42 Å². The number of aromatic nitrogens is 3. The summed E-state index contributed by atoms with van der Waals surface area (Å²) < 4.78 is 6.81. The van der Waals surface area contributed by atoms with Crippen LogP contribution in [-0.4, -0.2) is 15.0 Å². The van der Waals surface area contributed by atoms with Crippen molar-refractivity contribution in [1.82, 2.24) is 15.0 Å². The van der Waals surface area contributed by atoms with E-state index in [9.17, 15) is 0 Å². The van der Waals surface area contributed by atoms with Crippen LogP contribution in [0.5, 0.6) is 0 Å². The van der Waals surface area contributed by atoms with Gasteiger partial charge in [0, 0.05) is 27.5 Å². The SMILES string of the molecule is CC1(C)c2cccc(-c3ccc4oc5c(c4c3)CCC=C5c3nc(-c4ccccc4)nc(-c4ccccc4)n3)c2C2=CC3=C(CC21)c1ccccc1C31CCCCC1. The van der Waals surface area contributed by atoms with Gasteiger partial charge in [-0.1, -0.05) is 154 Å². The minimum Gasteiger partial charge on any atom is -0.456 e. The van der Waals surface area contributed by atoms with Crippen LogP contribution in [0.2, 0.25) is 0 Å². The van der Waals surface area contributed by atoms with Crippen molar-refractivity contribution < 1.29 is 4.42 Å². The summed E-state index contributed by atoms with van der Waals surface area (Å²) in [6, 6.07) is 43.7. The molecule has 2 aromatic heterocycles. The van der Waals surface area contributed by atoms with Crippen LogP contribution in [0.25, 0.3) is 61.6 Å². The third kappa shape index (κ3) is 4.90. The lowest BCUT2D eigenvalue weighted by atomic mass is 9.64. The summed E-state index contributed by atoms with van der Waals surface area (Å²) in [6.45, 7) is 4.97. The van der Waals surface area contributed by atoms with Crippen LogP contribution in [0.15, 0.2) is 143 Å². The summed E-state index contributed by atoms with van der Waals surface area (Å²) >= 11 is 0. The number of hydrogen-bond acceptors (Lipinski definition) is 4. The first-order valence-electron chi connectivity index (χ1n) is 21.3. The molecule has 0 saturated heterocycles. The molecular formula is C54H45N3O. The lowest BCUT2D eigenvalue weighted by molar-refractivity contribution is 0.348. The smallest absolute Gasteiger partial charge is 0.167 e. The second-order valence-electron chi connectivity index (χ2n) is 17.7. The first-order valence-corrected chi connectivity index (χ1v) is 21.3. The van der Waals surface area contributed by atoms with Crippen molar-refractivity contribution >= 4 is 27.7 Å². The fourth-order valence-corrected chi connectivity index (χ4v) is 11.5. The van der Waals surface area contributed by atoms with Crippen molar-refractivity contribution in [2.24, 2.45) is 5.92 Å². The van der Waals surface area contributed by atoms with Crippen LogP contribution in [0.1, 0.15) is 98.2 Å². The maximum atomic E-state index is 6.81. The highest BCUT2D eigenvalue weighted by Crippen LogP contribution is 2.64. The van der Waals surface area contributed by atoms with E-state index in [1.54, 1.807) is 22.3 Å². The van der Waals surface area contributed by atoms with Crippen LogP contribution >= 0.6 is 0 Å². The average Bonchev–Trinajstić information content (AvgIpc) is 3.86. The number of fused-ring (bicyclic) bond motifs is 10. The Kier molecular flexibility index (Phi) is 7.43. The summed E-state index contributed by atoms with van der Waals surface area (Å²) in [4.78, 5) is 15.1. The highest BCUT2D eigenvalue weighted by molar-refractivity contribution is 5.99. The maximum absolute atomic E-state index is 6.81. The first-order chi connectivity index (χ1) is 28.5. The molecule has 0 bridgehead atoms. The molecule has 1 saturated carbocycles. The minimum absolute atomic E-state index is 0.0211. The summed E-state index contributed by atoms with van der Waals surface area (Å²) in [7, 11) is 0. The van der Waals surface area contributed by atoms with Gasteiger partial charge in [0.05, 0.1) is 5.57 Å². The fraction of sp³-hybridized carbons (Fsp3) is 0.241. The van der Waals surface area contributed by atoms with E-state index in [2.05, 4.69) is 111 Å². The van der Waals surface area contributed by atoms with Gasteiger partial charge in [-0.2, -0.15) is 0 Å². The Bertz CT molecular complexity index is 2860. The molecule has 282 valence electrons. The van der Waals surface area contributed by atoms with Crippen LogP contribution in [0, 0.1) is 5.92 Å². The molecule has 5 aliphatic carbocycles. The van der Waals surface area contributed by atoms with Crippen LogP contribution in [0.3, 0.4) is 0 Å². The third-order valence-electron chi connectivity index (χ3n) is 14.3. The molecule has 4 nitrogen and oxygen atoms in total. The van der Waals surface area contributed by atoms with Crippen molar-refractivity contribution in [2.45, 2.75) is 76.0 Å². The molecular weight excluding hydrogens is 707 g/mol. The Morgan fingerprint density at radius 2 is 1.31 bits per heavy atom. The molecule has 1 spiro atoms. The second kappa shape index (κ2) is 12.7. The molecule has 7 aromatic rings. The third-order valence-corrected chi connectivity index (χ3v) is 14.3. The van der Waals surface area contributed by atoms with Gasteiger partial charge in [-0.05, 0) is 106 Å². The Labute approximate surface area is 340 Å². The van der Waals surface area contributed by atoms with E-state index in [0.717, 1.165) is 47.3 Å². The zero-order valence-corrected chi connectivity index (χ0v) is 33.2. The number of furan rings is 1. The Morgan fingerprint density at radius 3 is 2.07 bits per heavy atom. The molecule has 0 amide bonds. The van der Waals surface area contributed by atoms with Gasteiger partial charge in [0.2, 0.25) is 0 Å². The molecule has 5 aromatic carbocycles. The molecule has 1 atom stereocenters. The molecule has 5 aliphatic rings. The number of nitrogens with zero attached hydrogens (tertiary/aromatic N) is 3. The number of aryl methyl sites for hydroxylation is 1. The minimum atomic E-state index is 0.0211. The summed E-state index contributed by atoms with van der Waals surface area (Å²) in [6.07, 6.45) is 14.3. The van der Waals surface area contributed by atoms with E-state index in [1.165, 1.54) is 70.9 Å². The molecule has 2 heterocycles. The van der Waals surface area contributed by atoms with Crippen molar-refractivity contribution in [3.05, 3.63) is 178 Å². The highest BCUT2D eigenvalue weighted by atomic mass is 16.3. The van der Waals surface area contributed by atoms with Gasteiger partial charge in [0.15, 0.2) is 17.5 Å². The van der Waals surface area contributed by atoms with Gasteiger partial charge >= 0.3 is 0 Å². The summed E-state index contributed by atoms with van der Waals surface area (Å²) in [5.74, 6) is 3.27. The highest BCUT2D eigenvalue weighted by Gasteiger charge is 2.51. The van der Waals surface area contributed by atoms with Crippen molar-refractivity contribution in [3.8, 4) is 33.9 Å². The predicted molar refractivity (Wildman–Crippen MR) is 235 cm³/mol. The molecule has 4 heteroatoms. The molecule has 0 N–H and O–H groups in total. The lowest BCUT2D eigenvalue weighted by Crippen LogP contribution is -2.30. The lowest BCUT2D eigenvalue weighted by Gasteiger charge is -2.39. The molecule has 0 radical (unpaired) electrons. The van der Waals surface area contributed by atoms with E-state index in [1.807, 2.05) is 36.4 Å². The Balaban J connectivity index is 0.981. The van der Waals surface area contributed by atoms with Gasteiger partial charge in [-0.3, -0.25) is 0 Å². The van der Waals surface area contributed by atoms with Crippen LogP contribution < -0.4 is 0 Å².